The average molecular weight is 271 g/mol. The van der Waals surface area contributed by atoms with Crippen molar-refractivity contribution in [3.05, 3.63) is 16.5 Å². The van der Waals surface area contributed by atoms with Crippen LogP contribution in [0, 0.1) is 0 Å². The monoisotopic (exact) mass is 270 g/mol. The minimum atomic E-state index is -4.03. The topological polar surface area (TPSA) is 80.7 Å². The van der Waals surface area contributed by atoms with Gasteiger partial charge in [0.1, 0.15) is 4.21 Å². The second-order valence-electron chi connectivity index (χ2n) is 2.59. The normalized spacial score (nSPS) is 13.7. The van der Waals surface area contributed by atoms with Gasteiger partial charge in [0.25, 0.3) is 0 Å². The summed E-state index contributed by atoms with van der Waals surface area (Å²) in [6, 6.07) is 2.66. The third kappa shape index (κ3) is 3.16. The van der Waals surface area contributed by atoms with Gasteiger partial charge in [-0.25, -0.2) is 4.79 Å². The zero-order valence-electron chi connectivity index (χ0n) is 7.51. The van der Waals surface area contributed by atoms with E-state index in [0.717, 1.165) is 18.3 Å². The number of carboxylic acid groups (broad SMARTS) is 1. The van der Waals surface area contributed by atoms with Crippen LogP contribution in [0.3, 0.4) is 0 Å². The Kier molecular flexibility index (Phi) is 3.72. The third-order valence-corrected chi connectivity index (χ3v) is 4.47. The Morgan fingerprint density at radius 3 is 2.60 bits per heavy atom. The van der Waals surface area contributed by atoms with Crippen LogP contribution in [0.2, 0.25) is 4.34 Å². The molecular formula is C7H7ClO5S2. The standard InChI is InChI=1S/C7H7ClO5S2/c1-4(7(9)10)13-15(11,12)6-3-2-5(8)14-6/h2-4H,1H3,(H,9,10). The van der Waals surface area contributed by atoms with Crippen molar-refractivity contribution in [3.63, 3.8) is 0 Å². The lowest BCUT2D eigenvalue weighted by molar-refractivity contribution is -0.144. The van der Waals surface area contributed by atoms with Crippen LogP contribution in [0.15, 0.2) is 16.3 Å². The van der Waals surface area contributed by atoms with Gasteiger partial charge < -0.3 is 5.11 Å². The fourth-order valence-electron chi connectivity index (χ4n) is 0.711. The number of aliphatic carboxylic acids is 1. The molecule has 1 heterocycles. The number of hydrogen-bond donors (Lipinski definition) is 1. The van der Waals surface area contributed by atoms with Crippen LogP contribution in [0.25, 0.3) is 0 Å². The molecule has 1 aromatic rings. The van der Waals surface area contributed by atoms with Gasteiger partial charge in [0, 0.05) is 0 Å². The van der Waals surface area contributed by atoms with Crippen molar-refractivity contribution in [2.24, 2.45) is 0 Å². The molecule has 0 bridgehead atoms. The first-order valence-electron chi connectivity index (χ1n) is 3.74. The van der Waals surface area contributed by atoms with E-state index >= 15 is 0 Å². The molecule has 1 rings (SSSR count). The van der Waals surface area contributed by atoms with E-state index in [1.807, 2.05) is 0 Å². The molecule has 84 valence electrons. The zero-order chi connectivity index (χ0) is 11.6. The van der Waals surface area contributed by atoms with E-state index in [9.17, 15) is 13.2 Å². The van der Waals surface area contributed by atoms with E-state index in [1.165, 1.54) is 12.1 Å². The van der Waals surface area contributed by atoms with Crippen LogP contribution in [0.1, 0.15) is 6.92 Å². The molecule has 0 saturated carbocycles. The highest BCUT2D eigenvalue weighted by molar-refractivity contribution is 7.89. The van der Waals surface area contributed by atoms with Crippen LogP contribution >= 0.6 is 22.9 Å². The van der Waals surface area contributed by atoms with Crippen LogP contribution in [0.5, 0.6) is 0 Å². The van der Waals surface area contributed by atoms with Gasteiger partial charge in [-0.2, -0.15) is 8.42 Å². The van der Waals surface area contributed by atoms with Gasteiger partial charge in [-0.05, 0) is 19.1 Å². The second kappa shape index (κ2) is 4.48. The largest absolute Gasteiger partial charge is 0.479 e. The molecule has 0 aliphatic heterocycles. The minimum Gasteiger partial charge on any atom is -0.479 e. The molecule has 1 aromatic heterocycles. The van der Waals surface area contributed by atoms with Gasteiger partial charge >= 0.3 is 16.1 Å². The highest BCUT2D eigenvalue weighted by atomic mass is 35.5. The first-order valence-corrected chi connectivity index (χ1v) is 6.34. The molecule has 1 atom stereocenters. The van der Waals surface area contributed by atoms with Gasteiger partial charge in [-0.15, -0.1) is 11.3 Å². The van der Waals surface area contributed by atoms with Crippen molar-refractivity contribution in [2.45, 2.75) is 17.2 Å². The quantitative estimate of drug-likeness (QED) is 0.840. The summed E-state index contributed by atoms with van der Waals surface area (Å²) in [4.78, 5) is 10.4. The van der Waals surface area contributed by atoms with Gasteiger partial charge in [0.05, 0.1) is 4.34 Å². The number of hydrogen-bond acceptors (Lipinski definition) is 5. The Morgan fingerprint density at radius 2 is 2.20 bits per heavy atom. The van der Waals surface area contributed by atoms with Crippen molar-refractivity contribution in [3.8, 4) is 0 Å². The van der Waals surface area contributed by atoms with Crippen molar-refractivity contribution in [1.82, 2.24) is 0 Å². The van der Waals surface area contributed by atoms with Crippen molar-refractivity contribution >= 4 is 39.0 Å². The number of thiophene rings is 1. The number of carbonyl (C=O) groups is 1. The summed E-state index contributed by atoms with van der Waals surface area (Å²) in [6.45, 7) is 1.13. The molecule has 15 heavy (non-hydrogen) atoms. The number of halogens is 1. The third-order valence-electron chi connectivity index (χ3n) is 1.41. The molecule has 8 heteroatoms. The Balaban J connectivity index is 2.90. The Labute approximate surface area is 95.4 Å². The Bertz CT molecular complexity index is 463. The number of carboxylic acids is 1. The highest BCUT2D eigenvalue weighted by Crippen LogP contribution is 2.27. The summed E-state index contributed by atoms with van der Waals surface area (Å²) in [5.74, 6) is -1.35. The van der Waals surface area contributed by atoms with E-state index in [4.69, 9.17) is 16.7 Å². The van der Waals surface area contributed by atoms with Crippen molar-refractivity contribution in [2.75, 3.05) is 0 Å². The highest BCUT2D eigenvalue weighted by Gasteiger charge is 2.24. The van der Waals surface area contributed by atoms with Crippen LogP contribution in [0.4, 0.5) is 0 Å². The van der Waals surface area contributed by atoms with Gasteiger partial charge in [0.2, 0.25) is 0 Å². The summed E-state index contributed by atoms with van der Waals surface area (Å²) < 4.78 is 27.5. The Morgan fingerprint density at radius 1 is 1.60 bits per heavy atom. The smallest absolute Gasteiger partial charge is 0.334 e. The molecule has 0 aliphatic carbocycles. The SMILES string of the molecule is CC(OS(=O)(=O)c1ccc(Cl)s1)C(=O)O. The zero-order valence-corrected chi connectivity index (χ0v) is 9.90. The van der Waals surface area contributed by atoms with Gasteiger partial charge in [-0.1, -0.05) is 11.6 Å². The summed E-state index contributed by atoms with van der Waals surface area (Å²) in [5.41, 5.74) is 0. The molecule has 0 saturated heterocycles. The molecule has 0 aromatic carbocycles. The molecule has 0 amide bonds. The first kappa shape index (κ1) is 12.4. The van der Waals surface area contributed by atoms with Gasteiger partial charge in [-0.3, -0.25) is 4.18 Å². The molecule has 5 nitrogen and oxygen atoms in total. The predicted molar refractivity (Wildman–Crippen MR) is 54.7 cm³/mol. The molecule has 1 unspecified atom stereocenters. The molecule has 0 radical (unpaired) electrons. The van der Waals surface area contributed by atoms with Gasteiger partial charge in [0.15, 0.2) is 6.10 Å². The maximum absolute atomic E-state index is 11.4. The average Bonchev–Trinajstić information content (AvgIpc) is 2.51. The van der Waals surface area contributed by atoms with Crippen LogP contribution in [-0.4, -0.2) is 25.6 Å². The summed E-state index contributed by atoms with van der Waals surface area (Å²) in [5, 5.41) is 8.49. The number of rotatable bonds is 4. The molecule has 0 spiro atoms. The maximum Gasteiger partial charge on any atom is 0.334 e. The fourth-order valence-corrected chi connectivity index (χ4v) is 3.21. The molecule has 0 aliphatic rings. The van der Waals surface area contributed by atoms with Crippen molar-refractivity contribution < 1.29 is 22.5 Å². The maximum atomic E-state index is 11.4. The van der Waals surface area contributed by atoms with E-state index in [0.29, 0.717) is 4.34 Å². The first-order chi connectivity index (χ1) is 6.83. The van der Waals surface area contributed by atoms with E-state index < -0.39 is 22.2 Å². The Hall–Kier alpha value is -0.630. The lowest BCUT2D eigenvalue weighted by Crippen LogP contribution is -2.23. The summed E-state index contributed by atoms with van der Waals surface area (Å²) in [6.07, 6.45) is -1.42. The van der Waals surface area contributed by atoms with Crippen molar-refractivity contribution in [1.29, 1.82) is 0 Å². The summed E-state index contributed by atoms with van der Waals surface area (Å²) in [7, 11) is -4.03. The second-order valence-corrected chi connectivity index (χ2v) is 6.10. The van der Waals surface area contributed by atoms with E-state index in [1.54, 1.807) is 0 Å². The molecular weight excluding hydrogens is 264 g/mol. The van der Waals surface area contributed by atoms with E-state index in [2.05, 4.69) is 4.18 Å². The van der Waals surface area contributed by atoms with E-state index in [-0.39, 0.29) is 4.21 Å². The molecule has 0 fully saturated rings. The summed E-state index contributed by atoms with van der Waals surface area (Å²) >= 11 is 6.36. The lowest BCUT2D eigenvalue weighted by Gasteiger charge is -2.06. The fraction of sp³-hybridized carbons (Fsp3) is 0.286. The predicted octanol–water partition coefficient (Wildman–Crippen LogP) is 1.58. The minimum absolute atomic E-state index is 0.111. The van der Waals surface area contributed by atoms with Crippen LogP contribution < -0.4 is 0 Å². The molecule has 1 N–H and O–H groups in total. The van der Waals surface area contributed by atoms with Crippen LogP contribution in [-0.2, 0) is 19.1 Å². The lowest BCUT2D eigenvalue weighted by atomic mass is 10.4.